The summed E-state index contributed by atoms with van der Waals surface area (Å²) in [6.07, 6.45) is 27.5. The van der Waals surface area contributed by atoms with Gasteiger partial charge in [-0.05, 0) is 196 Å². The Labute approximate surface area is 347 Å². The van der Waals surface area contributed by atoms with Crippen molar-refractivity contribution in [3.05, 3.63) is 86.6 Å². The van der Waals surface area contributed by atoms with Gasteiger partial charge in [-0.15, -0.1) is 0 Å². The van der Waals surface area contributed by atoms with Gasteiger partial charge in [0.25, 0.3) is 0 Å². The van der Waals surface area contributed by atoms with Crippen LogP contribution < -0.4 is 0 Å². The van der Waals surface area contributed by atoms with Crippen molar-refractivity contribution in [3.8, 4) is 0 Å². The fourth-order valence-electron chi connectivity index (χ4n) is 15.6. The van der Waals surface area contributed by atoms with Crippen molar-refractivity contribution in [2.45, 2.75) is 140 Å². The largest absolute Gasteiger partial charge is 0.358 e. The summed E-state index contributed by atoms with van der Waals surface area (Å²) in [4.78, 5) is 0. The molecule has 0 spiro atoms. The monoisotopic (exact) mass is 796 g/mol. The minimum atomic E-state index is 0. The van der Waals surface area contributed by atoms with Crippen molar-refractivity contribution in [2.75, 3.05) is 0 Å². The van der Waals surface area contributed by atoms with Crippen LogP contribution in [0.5, 0.6) is 0 Å². The number of benzene rings is 2. The average molecular weight is 797 g/mol. The van der Waals surface area contributed by atoms with Gasteiger partial charge in [0.05, 0.1) is 0 Å². The van der Waals surface area contributed by atoms with E-state index in [1.54, 1.807) is 68.9 Å². The first-order valence-electron chi connectivity index (χ1n) is 19.4. The van der Waals surface area contributed by atoms with Gasteiger partial charge in [-0.25, -0.2) is 0 Å². The second-order valence-corrected chi connectivity index (χ2v) is 19.7. The molecule has 2 unspecified atom stereocenters. The van der Waals surface area contributed by atoms with Crippen molar-refractivity contribution in [2.24, 2.45) is 58.2 Å². The Morgan fingerprint density at radius 1 is 0.375 bits per heavy atom. The molecule has 0 aromatic heterocycles. The Morgan fingerprint density at radius 2 is 0.667 bits per heavy atom. The molecular formula is C46H66Y2-2. The van der Waals surface area contributed by atoms with Crippen molar-refractivity contribution in [1.29, 1.82) is 0 Å². The number of rotatable bonds is 2. The molecule has 2 aromatic rings. The Morgan fingerprint density at radius 3 is 1.02 bits per heavy atom. The first-order chi connectivity index (χ1) is 21.3. The molecule has 0 amide bonds. The molecule has 12 saturated carbocycles. The molecule has 12 fully saturated rings. The van der Waals surface area contributed by atoms with E-state index in [2.05, 4.69) is 74.5 Å². The van der Waals surface area contributed by atoms with Crippen LogP contribution in [0.1, 0.15) is 141 Å². The topological polar surface area (TPSA) is 0 Å². The summed E-state index contributed by atoms with van der Waals surface area (Å²) in [6.45, 7) is 5.10. The van der Waals surface area contributed by atoms with Gasteiger partial charge in [0.15, 0.2) is 0 Å². The van der Waals surface area contributed by atoms with E-state index in [9.17, 15) is 0 Å². The van der Waals surface area contributed by atoms with Gasteiger partial charge in [0.2, 0.25) is 0 Å². The molecule has 12 aliphatic rings. The minimum Gasteiger partial charge on any atom is -0.358 e. The van der Waals surface area contributed by atoms with E-state index >= 15 is 0 Å². The first kappa shape index (κ1) is 39.8. The van der Waals surface area contributed by atoms with Crippen LogP contribution in [0.4, 0.5) is 0 Å². The van der Waals surface area contributed by atoms with Crippen LogP contribution in [0.3, 0.4) is 0 Å². The van der Waals surface area contributed by atoms with Gasteiger partial charge >= 0.3 is 0 Å². The summed E-state index contributed by atoms with van der Waals surface area (Å²) in [6, 6.07) is 22.8. The molecule has 48 heavy (non-hydrogen) atoms. The Kier molecular flexibility index (Phi) is 12.6. The third kappa shape index (κ3) is 7.66. The molecule has 0 saturated heterocycles. The van der Waals surface area contributed by atoms with Gasteiger partial charge in [-0.2, -0.15) is 0 Å². The Balaban J connectivity index is 0.000000138. The second-order valence-electron chi connectivity index (χ2n) is 19.7. The first-order valence-corrected chi connectivity index (χ1v) is 19.4. The Bertz CT molecular complexity index is 1240. The third-order valence-electron chi connectivity index (χ3n) is 15.5. The van der Waals surface area contributed by atoms with E-state index in [1.165, 1.54) is 57.8 Å². The van der Waals surface area contributed by atoms with E-state index in [4.69, 9.17) is 0 Å². The quantitative estimate of drug-likeness (QED) is 0.266. The van der Waals surface area contributed by atoms with Gasteiger partial charge in [0, 0.05) is 65.4 Å². The molecule has 258 valence electrons. The minimum absolute atomic E-state index is 0. The van der Waals surface area contributed by atoms with E-state index in [1.807, 2.05) is 0 Å². The molecule has 0 heterocycles. The van der Waals surface area contributed by atoms with Crippen LogP contribution in [0, 0.1) is 73.0 Å². The predicted octanol–water partition coefficient (Wildman–Crippen LogP) is 12.8. The molecule has 0 aliphatic heterocycles. The van der Waals surface area contributed by atoms with Crippen LogP contribution >= 0.6 is 0 Å². The van der Waals surface area contributed by atoms with Gasteiger partial charge < -0.3 is 14.9 Å². The fraction of sp³-hybridized carbons (Fsp3) is 0.696. The van der Waals surface area contributed by atoms with Crippen LogP contribution in [0.25, 0.3) is 0 Å². The number of hydrogen-bond acceptors (Lipinski definition) is 0. The number of hydrogen-bond donors (Lipinski definition) is 0. The SMILES string of the molecule is CC12CC3CC(C1)CC(c1ccccc1)(C3)C2.CC12CC3CC(CC(C3)C1)C2.[CH3-].[CH3-].[Y].[Y].c1ccc(C23CC4CC(CC(C4)C2)C3)cc1. The van der Waals surface area contributed by atoms with Gasteiger partial charge in [0.1, 0.15) is 0 Å². The molecule has 0 N–H and O–H groups in total. The molecule has 14 rings (SSSR count). The summed E-state index contributed by atoms with van der Waals surface area (Å²) >= 11 is 0. The summed E-state index contributed by atoms with van der Waals surface area (Å²) < 4.78 is 0. The maximum Gasteiger partial charge on any atom is 0 e. The van der Waals surface area contributed by atoms with Crippen molar-refractivity contribution >= 4 is 0 Å². The predicted molar refractivity (Wildman–Crippen MR) is 196 cm³/mol. The second kappa shape index (κ2) is 15.2. The van der Waals surface area contributed by atoms with E-state index in [0.29, 0.717) is 16.2 Å². The summed E-state index contributed by atoms with van der Waals surface area (Å²) in [7, 11) is 0. The zero-order valence-corrected chi connectivity index (χ0v) is 37.0. The van der Waals surface area contributed by atoms with E-state index < -0.39 is 0 Å². The Hall–Kier alpha value is 0.648. The van der Waals surface area contributed by atoms with Crippen LogP contribution in [-0.2, 0) is 76.2 Å². The van der Waals surface area contributed by atoms with Crippen LogP contribution in [-0.4, -0.2) is 0 Å². The molecule has 12 aliphatic carbocycles. The molecule has 2 radical (unpaired) electrons. The van der Waals surface area contributed by atoms with Crippen LogP contribution in [0.15, 0.2) is 60.7 Å². The molecule has 2 atom stereocenters. The maximum atomic E-state index is 2.56. The molecular weight excluding hydrogens is 730 g/mol. The van der Waals surface area contributed by atoms with Gasteiger partial charge in [-0.3, -0.25) is 0 Å². The third-order valence-corrected chi connectivity index (χ3v) is 15.5. The molecule has 2 aromatic carbocycles. The summed E-state index contributed by atoms with van der Waals surface area (Å²) in [5, 5.41) is 0. The summed E-state index contributed by atoms with van der Waals surface area (Å²) in [5.41, 5.74) is 5.90. The van der Waals surface area contributed by atoms with E-state index in [-0.39, 0.29) is 80.3 Å². The standard InChI is InChI=1S/C17H22.C16H20.C11H18.2CH3.2Y/c1-16-8-13-7-14(9-16)11-17(10-13,12-16)15-5-3-2-4-6-15;1-2-4-15(5-3-1)16-9-12-6-13(10-16)8-14(7-12)11-16;1-11-5-8-2-9(6-11)4-10(3-8)7-11;;;;/h2-6,13-14H,7-12H2,1H3;1-5,12-14H,6-11H2;8-10H,2-7H2,1H3;2*1H3;;/q;;;2*-1;;. The van der Waals surface area contributed by atoms with E-state index in [0.717, 1.165) is 52.8 Å². The smallest absolute Gasteiger partial charge is 0 e. The zero-order valence-electron chi connectivity index (χ0n) is 31.3. The zero-order chi connectivity index (χ0) is 29.6. The molecule has 12 bridgehead atoms. The molecule has 2 heteroatoms. The maximum absolute atomic E-state index is 2.56. The average Bonchev–Trinajstić information content (AvgIpc) is 2.96. The summed E-state index contributed by atoms with van der Waals surface area (Å²) in [5.74, 6) is 8.68. The molecule has 0 nitrogen and oxygen atoms in total. The normalized spacial score (nSPS) is 45.5. The fourth-order valence-corrected chi connectivity index (χ4v) is 15.6. The van der Waals surface area contributed by atoms with Crippen LogP contribution in [0.2, 0.25) is 0 Å². The van der Waals surface area contributed by atoms with Gasteiger partial charge in [-0.1, -0.05) is 74.5 Å². The van der Waals surface area contributed by atoms with Crippen molar-refractivity contribution in [1.82, 2.24) is 0 Å². The van der Waals surface area contributed by atoms with Crippen molar-refractivity contribution < 1.29 is 65.4 Å². The van der Waals surface area contributed by atoms with Crippen molar-refractivity contribution in [3.63, 3.8) is 0 Å².